The molecule has 0 spiro atoms. The van der Waals surface area contributed by atoms with E-state index in [1.165, 1.54) is 27.6 Å². The molecule has 1 unspecified atom stereocenters. The Labute approximate surface area is 185 Å². The van der Waals surface area contributed by atoms with Crippen LogP contribution in [0, 0.1) is 13.8 Å². The first-order valence-electron chi connectivity index (χ1n) is 10.8. The lowest BCUT2D eigenvalue weighted by Crippen LogP contribution is -2.32. The van der Waals surface area contributed by atoms with Gasteiger partial charge >= 0.3 is 0 Å². The van der Waals surface area contributed by atoms with Gasteiger partial charge in [0.05, 0.1) is 0 Å². The zero-order chi connectivity index (χ0) is 21.6. The van der Waals surface area contributed by atoms with Crippen LogP contribution in [0.15, 0.2) is 85.2 Å². The maximum Gasteiger partial charge on any atom is 0.127 e. The highest BCUT2D eigenvalue weighted by molar-refractivity contribution is 6.00. The maximum atomic E-state index is 6.49. The number of hydrogen-bond acceptors (Lipinski definition) is 3. The van der Waals surface area contributed by atoms with Crippen LogP contribution in [0.5, 0.6) is 5.75 Å². The summed E-state index contributed by atoms with van der Waals surface area (Å²) in [4.78, 5) is 6.47. The summed E-state index contributed by atoms with van der Waals surface area (Å²) in [6.07, 6.45) is 4.42. The molecule has 1 radical (unpaired) electrons. The molecule has 1 aromatic heterocycles. The molecule has 0 aliphatic rings. The molecule has 0 aliphatic heterocycles. The highest BCUT2D eigenvalue weighted by Crippen LogP contribution is 2.36. The van der Waals surface area contributed by atoms with E-state index in [1.54, 1.807) is 6.20 Å². The highest BCUT2D eigenvalue weighted by atomic mass is 16.5. The van der Waals surface area contributed by atoms with Gasteiger partial charge in [0, 0.05) is 30.9 Å². The molecular formula is C28H29N2O. The minimum Gasteiger partial charge on any atom is -0.488 e. The van der Waals surface area contributed by atoms with Gasteiger partial charge < -0.3 is 4.74 Å². The molecule has 0 aliphatic carbocycles. The van der Waals surface area contributed by atoms with Crippen LogP contribution in [0.25, 0.3) is 21.9 Å². The number of nitrogens with zero attached hydrogens (tertiary/aromatic N) is 2. The predicted octanol–water partition coefficient (Wildman–Crippen LogP) is 6.31. The highest BCUT2D eigenvalue weighted by Gasteiger charge is 2.15. The first kappa shape index (κ1) is 21.1. The number of rotatable bonds is 8. The summed E-state index contributed by atoms with van der Waals surface area (Å²) < 4.78 is 6.49. The zero-order valence-corrected chi connectivity index (χ0v) is 18.3. The maximum absolute atomic E-state index is 6.49. The third kappa shape index (κ3) is 4.95. The van der Waals surface area contributed by atoms with Gasteiger partial charge in [-0.3, -0.25) is 9.88 Å². The Hall–Kier alpha value is -3.17. The standard InChI is InChI=1S/C28H29N2O/c1-4-23(20-30(3)19-22-11-9-17-29-18-22)31-28-16-15-26(24-12-6-5-10-21(24)2)25-13-7-8-14-27(25)28/h5-18,23H,1,4,19-20H2,2-3H3. The molecule has 157 valence electrons. The van der Waals surface area contributed by atoms with Gasteiger partial charge in [0.15, 0.2) is 0 Å². The van der Waals surface area contributed by atoms with Gasteiger partial charge in [0.1, 0.15) is 11.9 Å². The van der Waals surface area contributed by atoms with Gasteiger partial charge in [0.2, 0.25) is 0 Å². The van der Waals surface area contributed by atoms with Gasteiger partial charge in [-0.05, 0) is 67.1 Å². The van der Waals surface area contributed by atoms with E-state index in [1.807, 2.05) is 12.3 Å². The summed E-state index contributed by atoms with van der Waals surface area (Å²) in [6.45, 7) is 7.93. The van der Waals surface area contributed by atoms with Crippen molar-refractivity contribution in [1.82, 2.24) is 9.88 Å². The Morgan fingerprint density at radius 3 is 2.42 bits per heavy atom. The predicted molar refractivity (Wildman–Crippen MR) is 129 cm³/mol. The topological polar surface area (TPSA) is 25.4 Å². The second kappa shape index (κ2) is 9.76. The monoisotopic (exact) mass is 409 g/mol. The van der Waals surface area contributed by atoms with E-state index in [2.05, 4.69) is 97.5 Å². The number of likely N-dealkylation sites (N-methyl/N-ethyl adjacent to an activating group) is 1. The number of ether oxygens (including phenoxy) is 1. The molecule has 0 amide bonds. The second-order valence-electron chi connectivity index (χ2n) is 8.06. The lowest BCUT2D eigenvalue weighted by Gasteiger charge is -2.25. The molecule has 1 atom stereocenters. The van der Waals surface area contributed by atoms with Gasteiger partial charge in [0.25, 0.3) is 0 Å². The van der Waals surface area contributed by atoms with Crippen molar-refractivity contribution in [3.63, 3.8) is 0 Å². The fourth-order valence-electron chi connectivity index (χ4n) is 4.07. The molecule has 1 heterocycles. The van der Waals surface area contributed by atoms with Crippen LogP contribution in [0.3, 0.4) is 0 Å². The number of aromatic nitrogens is 1. The van der Waals surface area contributed by atoms with Gasteiger partial charge in [-0.15, -0.1) is 0 Å². The van der Waals surface area contributed by atoms with Crippen molar-refractivity contribution in [2.24, 2.45) is 0 Å². The zero-order valence-electron chi connectivity index (χ0n) is 18.3. The molecule has 0 saturated heterocycles. The normalized spacial score (nSPS) is 12.3. The Morgan fingerprint density at radius 1 is 0.903 bits per heavy atom. The van der Waals surface area contributed by atoms with Crippen molar-refractivity contribution in [1.29, 1.82) is 0 Å². The fourth-order valence-corrected chi connectivity index (χ4v) is 4.07. The molecule has 0 saturated carbocycles. The average molecular weight is 410 g/mol. The van der Waals surface area contributed by atoms with E-state index in [-0.39, 0.29) is 6.10 Å². The van der Waals surface area contributed by atoms with Crippen LogP contribution in [0.1, 0.15) is 17.5 Å². The summed E-state index contributed by atoms with van der Waals surface area (Å²) in [5.74, 6) is 0.913. The number of hydrogen-bond donors (Lipinski definition) is 0. The molecule has 3 aromatic carbocycles. The van der Waals surface area contributed by atoms with Crippen LogP contribution in [0.4, 0.5) is 0 Å². The number of aryl methyl sites for hydroxylation is 1. The summed E-state index contributed by atoms with van der Waals surface area (Å²) in [5, 5.41) is 2.34. The Morgan fingerprint density at radius 2 is 1.68 bits per heavy atom. The van der Waals surface area contributed by atoms with E-state index < -0.39 is 0 Å². The van der Waals surface area contributed by atoms with E-state index >= 15 is 0 Å². The van der Waals surface area contributed by atoms with Crippen molar-refractivity contribution in [3.05, 3.63) is 103 Å². The fraction of sp³-hybridized carbons (Fsp3) is 0.214. The van der Waals surface area contributed by atoms with E-state index in [0.717, 1.165) is 24.2 Å². The summed E-state index contributed by atoms with van der Waals surface area (Å²) >= 11 is 0. The molecule has 3 heteroatoms. The van der Waals surface area contributed by atoms with E-state index in [9.17, 15) is 0 Å². The van der Waals surface area contributed by atoms with Gasteiger partial charge in [-0.1, -0.05) is 60.7 Å². The van der Waals surface area contributed by atoms with Crippen molar-refractivity contribution < 1.29 is 4.74 Å². The molecule has 0 fully saturated rings. The van der Waals surface area contributed by atoms with Crippen LogP contribution >= 0.6 is 0 Å². The molecule has 4 aromatic rings. The molecule has 4 rings (SSSR count). The SMILES string of the molecule is [CH2]CC(CN(C)Cc1cccnc1)Oc1ccc(-c2ccccc2C)c2ccccc12. The van der Waals surface area contributed by atoms with Gasteiger partial charge in [-0.2, -0.15) is 0 Å². The lowest BCUT2D eigenvalue weighted by molar-refractivity contribution is 0.147. The Balaban J connectivity index is 1.58. The summed E-state index contributed by atoms with van der Waals surface area (Å²) in [7, 11) is 2.11. The second-order valence-corrected chi connectivity index (χ2v) is 8.06. The number of pyridine rings is 1. The Kier molecular flexibility index (Phi) is 6.63. The van der Waals surface area contributed by atoms with E-state index in [0.29, 0.717) is 6.42 Å². The number of benzene rings is 3. The lowest BCUT2D eigenvalue weighted by atomic mass is 9.95. The summed E-state index contributed by atoms with van der Waals surface area (Å²) in [6, 6.07) is 25.4. The molecule has 3 nitrogen and oxygen atoms in total. The molecular weight excluding hydrogens is 380 g/mol. The van der Waals surface area contributed by atoms with Crippen LogP contribution in [0.2, 0.25) is 0 Å². The van der Waals surface area contributed by atoms with Crippen LogP contribution < -0.4 is 4.74 Å². The third-order valence-corrected chi connectivity index (χ3v) is 5.63. The van der Waals surface area contributed by atoms with Crippen LogP contribution in [-0.2, 0) is 6.54 Å². The largest absolute Gasteiger partial charge is 0.488 e. The first-order valence-corrected chi connectivity index (χ1v) is 10.8. The molecule has 0 N–H and O–H groups in total. The van der Waals surface area contributed by atoms with Crippen LogP contribution in [-0.4, -0.2) is 29.6 Å². The minimum absolute atomic E-state index is 0.00869. The van der Waals surface area contributed by atoms with Crippen molar-refractivity contribution in [3.8, 4) is 16.9 Å². The summed E-state index contributed by atoms with van der Waals surface area (Å²) in [5.41, 5.74) is 4.96. The van der Waals surface area contributed by atoms with Crippen molar-refractivity contribution in [2.75, 3.05) is 13.6 Å². The quantitative estimate of drug-likeness (QED) is 0.341. The average Bonchev–Trinajstić information content (AvgIpc) is 2.80. The number of fused-ring (bicyclic) bond motifs is 1. The third-order valence-electron chi connectivity index (χ3n) is 5.63. The Bertz CT molecular complexity index is 1140. The molecule has 31 heavy (non-hydrogen) atoms. The van der Waals surface area contributed by atoms with Gasteiger partial charge in [-0.25, -0.2) is 0 Å². The first-order chi connectivity index (χ1) is 15.2. The van der Waals surface area contributed by atoms with Crippen molar-refractivity contribution >= 4 is 10.8 Å². The van der Waals surface area contributed by atoms with Crippen molar-refractivity contribution in [2.45, 2.75) is 26.0 Å². The molecule has 0 bridgehead atoms. The minimum atomic E-state index is 0.00869. The van der Waals surface area contributed by atoms with E-state index in [4.69, 9.17) is 4.74 Å². The smallest absolute Gasteiger partial charge is 0.127 e.